The monoisotopic (exact) mass is 358 g/mol. The highest BCUT2D eigenvalue weighted by molar-refractivity contribution is 14.1. The first-order valence-corrected chi connectivity index (χ1v) is 7.08. The van der Waals surface area contributed by atoms with Crippen LogP contribution in [-0.4, -0.2) is 10.9 Å². The molecule has 2 aromatic heterocycles. The Hall–Kier alpha value is -0.950. The van der Waals surface area contributed by atoms with Crippen LogP contribution in [0.3, 0.4) is 0 Å². The van der Waals surface area contributed by atoms with Gasteiger partial charge < -0.3 is 5.32 Å². The Bertz CT molecular complexity index is 512. The third-order valence-electron chi connectivity index (χ3n) is 2.31. The summed E-state index contributed by atoms with van der Waals surface area (Å²) in [5.74, 6) is -0.0534. The molecule has 0 aliphatic heterocycles. The van der Waals surface area contributed by atoms with Gasteiger partial charge in [-0.1, -0.05) is 6.07 Å². The zero-order chi connectivity index (χ0) is 12.3. The number of carbonyl (C=O) groups is 1. The van der Waals surface area contributed by atoms with Crippen molar-refractivity contribution in [3.8, 4) is 0 Å². The van der Waals surface area contributed by atoms with Crippen molar-refractivity contribution in [1.82, 2.24) is 10.3 Å². The van der Waals surface area contributed by atoms with E-state index in [-0.39, 0.29) is 11.9 Å². The molecule has 3 nitrogen and oxygen atoms in total. The molecule has 0 saturated carbocycles. The minimum atomic E-state index is -0.0822. The van der Waals surface area contributed by atoms with Gasteiger partial charge in [-0.25, -0.2) is 0 Å². The first kappa shape index (κ1) is 12.5. The zero-order valence-electron chi connectivity index (χ0n) is 9.18. The second kappa shape index (κ2) is 5.59. The number of aromatic nitrogens is 1. The number of amides is 1. The maximum atomic E-state index is 11.9. The molecule has 0 fully saturated rings. The molecule has 0 aromatic carbocycles. The fraction of sp³-hybridized carbons (Fsp3) is 0.167. The van der Waals surface area contributed by atoms with Crippen molar-refractivity contribution < 1.29 is 4.79 Å². The van der Waals surface area contributed by atoms with Crippen molar-refractivity contribution in [1.29, 1.82) is 0 Å². The summed E-state index contributed by atoms with van der Waals surface area (Å²) in [6.07, 6.45) is 1.73. The van der Waals surface area contributed by atoms with Crippen LogP contribution in [0.4, 0.5) is 0 Å². The van der Waals surface area contributed by atoms with Gasteiger partial charge >= 0.3 is 0 Å². The van der Waals surface area contributed by atoms with Gasteiger partial charge in [0, 0.05) is 11.6 Å². The van der Waals surface area contributed by atoms with Crippen molar-refractivity contribution >= 4 is 39.8 Å². The fourth-order valence-corrected chi connectivity index (χ4v) is 2.74. The SMILES string of the molecule is CC(NC(=O)c1csc(I)c1)c1ccccn1. The second-order valence-electron chi connectivity index (χ2n) is 3.59. The van der Waals surface area contributed by atoms with Crippen molar-refractivity contribution in [3.05, 3.63) is 50.0 Å². The van der Waals surface area contributed by atoms with Crippen LogP contribution >= 0.6 is 33.9 Å². The van der Waals surface area contributed by atoms with Crippen LogP contribution in [0.25, 0.3) is 0 Å². The van der Waals surface area contributed by atoms with Crippen molar-refractivity contribution in [2.24, 2.45) is 0 Å². The summed E-state index contributed by atoms with van der Waals surface area (Å²) in [4.78, 5) is 16.1. The van der Waals surface area contributed by atoms with Gasteiger partial charge in [0.15, 0.2) is 0 Å². The van der Waals surface area contributed by atoms with Gasteiger partial charge in [-0.2, -0.15) is 0 Å². The van der Waals surface area contributed by atoms with Crippen LogP contribution in [0, 0.1) is 2.88 Å². The molecule has 0 radical (unpaired) electrons. The van der Waals surface area contributed by atoms with E-state index in [1.54, 1.807) is 17.5 Å². The van der Waals surface area contributed by atoms with Crippen LogP contribution in [0.5, 0.6) is 0 Å². The molecule has 2 rings (SSSR count). The molecule has 5 heteroatoms. The van der Waals surface area contributed by atoms with Gasteiger partial charge in [-0.3, -0.25) is 9.78 Å². The topological polar surface area (TPSA) is 42.0 Å². The molecule has 0 aliphatic carbocycles. The molecule has 2 heterocycles. The number of thiophene rings is 1. The third-order valence-corrected chi connectivity index (χ3v) is 4.10. The molecule has 88 valence electrons. The van der Waals surface area contributed by atoms with E-state index in [0.29, 0.717) is 5.56 Å². The van der Waals surface area contributed by atoms with E-state index in [2.05, 4.69) is 32.9 Å². The summed E-state index contributed by atoms with van der Waals surface area (Å²) in [6, 6.07) is 7.48. The summed E-state index contributed by atoms with van der Waals surface area (Å²) in [6.45, 7) is 1.93. The van der Waals surface area contributed by atoms with Crippen molar-refractivity contribution in [2.45, 2.75) is 13.0 Å². The first-order valence-electron chi connectivity index (χ1n) is 5.12. The van der Waals surface area contributed by atoms with Gasteiger partial charge in [0.25, 0.3) is 5.91 Å². The lowest BCUT2D eigenvalue weighted by Gasteiger charge is -2.12. The first-order chi connectivity index (χ1) is 8.16. The normalized spacial score (nSPS) is 12.1. The summed E-state index contributed by atoms with van der Waals surface area (Å²) >= 11 is 3.77. The summed E-state index contributed by atoms with van der Waals surface area (Å²) < 4.78 is 1.11. The van der Waals surface area contributed by atoms with Gasteiger partial charge in [-0.05, 0) is 47.7 Å². The number of halogens is 1. The highest BCUT2D eigenvalue weighted by atomic mass is 127. The van der Waals surface area contributed by atoms with E-state index in [0.717, 1.165) is 8.58 Å². The lowest BCUT2D eigenvalue weighted by Crippen LogP contribution is -2.26. The molecule has 0 saturated heterocycles. The lowest BCUT2D eigenvalue weighted by molar-refractivity contribution is 0.0939. The predicted octanol–water partition coefficient (Wildman–Crippen LogP) is 3.24. The van der Waals surface area contributed by atoms with E-state index < -0.39 is 0 Å². The van der Waals surface area contributed by atoms with Crippen LogP contribution in [0.15, 0.2) is 35.8 Å². The smallest absolute Gasteiger partial charge is 0.252 e. The Morgan fingerprint density at radius 2 is 2.35 bits per heavy atom. The van der Waals surface area contributed by atoms with Crippen LogP contribution < -0.4 is 5.32 Å². The number of carbonyl (C=O) groups excluding carboxylic acids is 1. The van der Waals surface area contributed by atoms with Gasteiger partial charge in [0.2, 0.25) is 0 Å². The fourth-order valence-electron chi connectivity index (χ4n) is 1.42. The molecule has 17 heavy (non-hydrogen) atoms. The quantitative estimate of drug-likeness (QED) is 0.856. The highest BCUT2D eigenvalue weighted by Gasteiger charge is 2.13. The Morgan fingerprint density at radius 3 is 2.94 bits per heavy atom. The molecule has 1 N–H and O–H groups in total. The van der Waals surface area contributed by atoms with Gasteiger partial charge in [-0.15, -0.1) is 11.3 Å². The number of hydrogen-bond donors (Lipinski definition) is 1. The molecule has 1 atom stereocenters. The third kappa shape index (κ3) is 3.26. The van der Waals surface area contributed by atoms with E-state index >= 15 is 0 Å². The summed E-state index contributed by atoms with van der Waals surface area (Å²) in [7, 11) is 0. The molecular formula is C12H11IN2OS. The number of rotatable bonds is 3. The van der Waals surface area contributed by atoms with E-state index in [9.17, 15) is 4.79 Å². The van der Waals surface area contributed by atoms with Crippen LogP contribution in [0.1, 0.15) is 29.0 Å². The molecule has 1 amide bonds. The molecule has 1 unspecified atom stereocenters. The zero-order valence-corrected chi connectivity index (χ0v) is 12.2. The van der Waals surface area contributed by atoms with Crippen LogP contribution in [-0.2, 0) is 0 Å². The highest BCUT2D eigenvalue weighted by Crippen LogP contribution is 2.17. The van der Waals surface area contributed by atoms with E-state index in [1.165, 1.54) is 0 Å². The lowest BCUT2D eigenvalue weighted by atomic mass is 10.2. The average molecular weight is 358 g/mol. The molecule has 0 aliphatic rings. The standard InChI is InChI=1S/C12H11IN2OS/c1-8(10-4-2-3-5-14-10)15-12(16)9-6-11(13)17-7-9/h2-8H,1H3,(H,15,16). The number of nitrogens with zero attached hydrogens (tertiary/aromatic N) is 1. The largest absolute Gasteiger partial charge is 0.344 e. The Kier molecular flexibility index (Phi) is 4.11. The Morgan fingerprint density at radius 1 is 1.53 bits per heavy atom. The maximum absolute atomic E-state index is 11.9. The minimum absolute atomic E-state index is 0.0534. The number of pyridine rings is 1. The molecule has 0 spiro atoms. The number of hydrogen-bond acceptors (Lipinski definition) is 3. The summed E-state index contributed by atoms with van der Waals surface area (Å²) in [5.41, 5.74) is 1.58. The second-order valence-corrected chi connectivity index (χ2v) is 6.39. The van der Waals surface area contributed by atoms with Crippen molar-refractivity contribution in [3.63, 3.8) is 0 Å². The van der Waals surface area contributed by atoms with E-state index in [1.807, 2.05) is 36.6 Å². The van der Waals surface area contributed by atoms with Gasteiger partial charge in [0.1, 0.15) is 0 Å². The average Bonchev–Trinajstić information content (AvgIpc) is 2.77. The molecule has 0 bridgehead atoms. The molecule has 2 aromatic rings. The Balaban J connectivity index is 2.04. The maximum Gasteiger partial charge on any atom is 0.252 e. The van der Waals surface area contributed by atoms with E-state index in [4.69, 9.17) is 0 Å². The summed E-state index contributed by atoms with van der Waals surface area (Å²) in [5, 5.41) is 4.79. The molecular weight excluding hydrogens is 347 g/mol. The predicted molar refractivity (Wildman–Crippen MR) is 77.2 cm³/mol. The van der Waals surface area contributed by atoms with Crippen molar-refractivity contribution in [2.75, 3.05) is 0 Å². The van der Waals surface area contributed by atoms with Crippen LogP contribution in [0.2, 0.25) is 0 Å². The minimum Gasteiger partial charge on any atom is -0.344 e. The number of nitrogens with one attached hydrogen (secondary N) is 1. The Labute approximate surface area is 117 Å². The van der Waals surface area contributed by atoms with Gasteiger partial charge in [0.05, 0.1) is 20.2 Å².